The summed E-state index contributed by atoms with van der Waals surface area (Å²) in [5.41, 5.74) is -0.448. The molecule has 4 amide bonds. The molecule has 0 saturated carbocycles. The molecule has 8 nitrogen and oxygen atoms in total. The Bertz CT molecular complexity index is 691. The molecular formula is C17H21N3O5. The summed E-state index contributed by atoms with van der Waals surface area (Å²) >= 11 is 0. The van der Waals surface area contributed by atoms with E-state index in [2.05, 4.69) is 10.6 Å². The molecule has 1 aliphatic heterocycles. The molecule has 1 fully saturated rings. The third kappa shape index (κ3) is 4.14. The predicted octanol–water partition coefficient (Wildman–Crippen LogP) is 1.28. The second kappa shape index (κ2) is 7.33. The lowest BCUT2D eigenvalue weighted by molar-refractivity contribution is -0.155. The van der Waals surface area contributed by atoms with Gasteiger partial charge in [0.25, 0.3) is 11.8 Å². The monoisotopic (exact) mass is 347 g/mol. The number of nitrogens with zero attached hydrogens (tertiary/aromatic N) is 1. The normalized spacial score (nSPS) is 20.8. The van der Waals surface area contributed by atoms with Gasteiger partial charge in [0.1, 0.15) is 12.1 Å². The predicted molar refractivity (Wildman–Crippen MR) is 89.6 cm³/mol. The minimum Gasteiger partial charge on any atom is -0.451 e. The van der Waals surface area contributed by atoms with E-state index in [4.69, 9.17) is 4.74 Å². The number of urea groups is 1. The third-order valence-corrected chi connectivity index (χ3v) is 4.06. The van der Waals surface area contributed by atoms with Crippen molar-refractivity contribution in [3.63, 3.8) is 0 Å². The standard InChI is InChI=1S/C17H21N3O5/c1-4-17(3)15(23)20(16(24)19-17)10-13(21)25-11(2)14(22)18-12-8-6-5-7-9-12/h5-9,11H,4,10H2,1-3H3,(H,18,22)(H,19,24)/t11-,17-/m0/s1. The van der Waals surface area contributed by atoms with Crippen LogP contribution in [0, 0.1) is 0 Å². The Morgan fingerprint density at radius 2 is 1.92 bits per heavy atom. The van der Waals surface area contributed by atoms with Crippen LogP contribution in [0.2, 0.25) is 0 Å². The molecule has 1 aliphatic rings. The van der Waals surface area contributed by atoms with Gasteiger partial charge in [-0.1, -0.05) is 25.1 Å². The van der Waals surface area contributed by atoms with Crippen molar-refractivity contribution in [2.45, 2.75) is 38.8 Å². The van der Waals surface area contributed by atoms with Crippen LogP contribution in [0.25, 0.3) is 0 Å². The van der Waals surface area contributed by atoms with Gasteiger partial charge in [-0.25, -0.2) is 4.79 Å². The number of amides is 4. The van der Waals surface area contributed by atoms with Gasteiger partial charge in [-0.05, 0) is 32.4 Å². The molecule has 2 atom stereocenters. The quantitative estimate of drug-likeness (QED) is 0.596. The van der Waals surface area contributed by atoms with Crippen molar-refractivity contribution in [2.24, 2.45) is 0 Å². The number of imide groups is 1. The number of hydrogen-bond acceptors (Lipinski definition) is 5. The van der Waals surface area contributed by atoms with Crippen LogP contribution in [-0.2, 0) is 19.1 Å². The van der Waals surface area contributed by atoms with Crippen molar-refractivity contribution < 1.29 is 23.9 Å². The summed E-state index contributed by atoms with van der Waals surface area (Å²) in [4.78, 5) is 48.9. The van der Waals surface area contributed by atoms with Gasteiger partial charge in [0, 0.05) is 5.69 Å². The van der Waals surface area contributed by atoms with Crippen LogP contribution in [0.5, 0.6) is 0 Å². The summed E-state index contributed by atoms with van der Waals surface area (Å²) in [6.07, 6.45) is -0.662. The first-order chi connectivity index (χ1) is 11.8. The van der Waals surface area contributed by atoms with E-state index in [1.807, 2.05) is 0 Å². The number of nitrogens with one attached hydrogen (secondary N) is 2. The molecule has 2 N–H and O–H groups in total. The van der Waals surface area contributed by atoms with Crippen molar-refractivity contribution in [1.29, 1.82) is 0 Å². The van der Waals surface area contributed by atoms with E-state index in [-0.39, 0.29) is 0 Å². The molecule has 0 unspecified atom stereocenters. The maximum atomic E-state index is 12.2. The van der Waals surface area contributed by atoms with Gasteiger partial charge in [0.05, 0.1) is 0 Å². The molecule has 1 aromatic carbocycles. The van der Waals surface area contributed by atoms with E-state index in [1.54, 1.807) is 44.2 Å². The minimum absolute atomic E-state index is 0.402. The van der Waals surface area contributed by atoms with Crippen LogP contribution in [-0.4, -0.2) is 46.9 Å². The second-order valence-electron chi connectivity index (χ2n) is 5.99. The first-order valence-corrected chi connectivity index (χ1v) is 7.96. The zero-order valence-corrected chi connectivity index (χ0v) is 14.4. The maximum Gasteiger partial charge on any atom is 0.327 e. The molecule has 1 heterocycles. The number of benzene rings is 1. The van der Waals surface area contributed by atoms with E-state index in [1.165, 1.54) is 6.92 Å². The van der Waals surface area contributed by atoms with Crippen LogP contribution in [0.3, 0.4) is 0 Å². The van der Waals surface area contributed by atoms with E-state index >= 15 is 0 Å². The lowest BCUT2D eigenvalue weighted by atomic mass is 9.99. The van der Waals surface area contributed by atoms with Crippen molar-refractivity contribution >= 4 is 29.5 Å². The van der Waals surface area contributed by atoms with Gasteiger partial charge in [-0.2, -0.15) is 0 Å². The SMILES string of the molecule is CC[C@]1(C)NC(=O)N(CC(=O)O[C@@H](C)C(=O)Nc2ccccc2)C1=O. The molecule has 1 saturated heterocycles. The van der Waals surface area contributed by atoms with E-state index < -0.39 is 42.0 Å². The van der Waals surface area contributed by atoms with Gasteiger partial charge < -0.3 is 15.4 Å². The molecule has 0 aromatic heterocycles. The number of para-hydroxylation sites is 1. The van der Waals surface area contributed by atoms with Gasteiger partial charge in [-0.3, -0.25) is 19.3 Å². The molecule has 0 aliphatic carbocycles. The topological polar surface area (TPSA) is 105 Å². The highest BCUT2D eigenvalue weighted by Gasteiger charge is 2.47. The average Bonchev–Trinajstić information content (AvgIpc) is 2.79. The number of anilines is 1. The fourth-order valence-corrected chi connectivity index (χ4v) is 2.31. The first-order valence-electron chi connectivity index (χ1n) is 7.96. The van der Waals surface area contributed by atoms with Crippen molar-refractivity contribution in [2.75, 3.05) is 11.9 Å². The molecule has 2 rings (SSSR count). The molecule has 8 heteroatoms. The lowest BCUT2D eigenvalue weighted by Gasteiger charge is -2.19. The van der Waals surface area contributed by atoms with Crippen LogP contribution < -0.4 is 10.6 Å². The summed E-state index contributed by atoms with van der Waals surface area (Å²) in [5.74, 6) is -1.83. The van der Waals surface area contributed by atoms with Crippen LogP contribution in [0.4, 0.5) is 10.5 Å². The number of carbonyl (C=O) groups excluding carboxylic acids is 4. The van der Waals surface area contributed by atoms with Gasteiger partial charge in [0.2, 0.25) is 0 Å². The molecule has 0 radical (unpaired) electrons. The number of rotatable bonds is 6. The summed E-state index contributed by atoms with van der Waals surface area (Å²) in [6, 6.07) is 8.08. The second-order valence-corrected chi connectivity index (χ2v) is 5.99. The Morgan fingerprint density at radius 3 is 2.48 bits per heavy atom. The number of carbonyl (C=O) groups is 4. The highest BCUT2D eigenvalue weighted by atomic mass is 16.5. The van der Waals surface area contributed by atoms with Crippen LogP contribution in [0.1, 0.15) is 27.2 Å². The van der Waals surface area contributed by atoms with E-state index in [0.717, 1.165) is 4.90 Å². The van der Waals surface area contributed by atoms with Crippen LogP contribution >= 0.6 is 0 Å². The summed E-state index contributed by atoms with van der Waals surface area (Å²) in [7, 11) is 0. The Balaban J connectivity index is 1.90. The number of esters is 1. The summed E-state index contributed by atoms with van der Waals surface area (Å²) in [6.45, 7) is 4.23. The van der Waals surface area contributed by atoms with Gasteiger partial charge >= 0.3 is 12.0 Å². The third-order valence-electron chi connectivity index (χ3n) is 4.06. The van der Waals surface area contributed by atoms with Crippen molar-refractivity contribution in [3.8, 4) is 0 Å². The molecule has 134 valence electrons. The zero-order chi connectivity index (χ0) is 18.6. The minimum atomic E-state index is -1.06. The fourth-order valence-electron chi connectivity index (χ4n) is 2.31. The molecule has 1 aromatic rings. The summed E-state index contributed by atoms with van der Waals surface area (Å²) < 4.78 is 5.02. The van der Waals surface area contributed by atoms with Crippen LogP contribution in [0.15, 0.2) is 30.3 Å². The highest BCUT2D eigenvalue weighted by Crippen LogP contribution is 2.20. The van der Waals surface area contributed by atoms with E-state index in [9.17, 15) is 19.2 Å². The Labute approximate surface area is 145 Å². The lowest BCUT2D eigenvalue weighted by Crippen LogP contribution is -2.44. The van der Waals surface area contributed by atoms with E-state index in [0.29, 0.717) is 12.1 Å². The van der Waals surface area contributed by atoms with Gasteiger partial charge in [0.15, 0.2) is 6.10 Å². The zero-order valence-electron chi connectivity index (χ0n) is 14.4. The Kier molecular flexibility index (Phi) is 5.41. The molecule has 25 heavy (non-hydrogen) atoms. The fraction of sp³-hybridized carbons (Fsp3) is 0.412. The van der Waals surface area contributed by atoms with Gasteiger partial charge in [-0.15, -0.1) is 0 Å². The highest BCUT2D eigenvalue weighted by molar-refractivity contribution is 6.08. The Hall–Kier alpha value is -2.90. The maximum absolute atomic E-state index is 12.2. The largest absolute Gasteiger partial charge is 0.451 e. The van der Waals surface area contributed by atoms with Crippen molar-refractivity contribution in [3.05, 3.63) is 30.3 Å². The summed E-state index contributed by atoms with van der Waals surface area (Å²) in [5, 5.41) is 5.15. The smallest absolute Gasteiger partial charge is 0.327 e. The number of hydrogen-bond donors (Lipinski definition) is 2. The molecule has 0 bridgehead atoms. The average molecular weight is 347 g/mol. The molecule has 0 spiro atoms. The Morgan fingerprint density at radius 1 is 1.28 bits per heavy atom. The first kappa shape index (κ1) is 18.4. The molecular weight excluding hydrogens is 326 g/mol. The van der Waals surface area contributed by atoms with Crippen molar-refractivity contribution in [1.82, 2.24) is 10.2 Å². The number of ether oxygens (including phenoxy) is 1.